The molecule has 0 rings (SSSR count). The summed E-state index contributed by atoms with van der Waals surface area (Å²) in [6, 6.07) is 0. The molecule has 0 amide bonds. The van der Waals surface area contributed by atoms with Crippen molar-refractivity contribution in [1.29, 1.82) is 0 Å². The van der Waals surface area contributed by atoms with Crippen LogP contribution in [0.2, 0.25) is 0 Å². The van der Waals surface area contributed by atoms with Crippen molar-refractivity contribution in [3.8, 4) is 0 Å². The minimum absolute atomic E-state index is 0. The van der Waals surface area contributed by atoms with Crippen molar-refractivity contribution in [2.45, 2.75) is 12.2 Å². The van der Waals surface area contributed by atoms with Crippen LogP contribution in [0, 0.1) is 0 Å². The van der Waals surface area contributed by atoms with Gasteiger partial charge in [-0.2, -0.15) is 0 Å². The summed E-state index contributed by atoms with van der Waals surface area (Å²) >= 11 is 0. The molecule has 0 aromatic carbocycles. The number of hydrogen-bond donors (Lipinski definition) is 6. The second kappa shape index (κ2) is 13.1. The van der Waals surface area contributed by atoms with Crippen LogP contribution in [-0.4, -0.2) is 68.8 Å². The van der Waals surface area contributed by atoms with E-state index >= 15 is 0 Å². The Hall–Kier alpha value is 0.579. The zero-order chi connectivity index (χ0) is 16.4. The molecule has 129 valence electrons. The molecule has 0 fully saturated rings. The van der Waals surface area contributed by atoms with E-state index in [2.05, 4.69) is 9.05 Å². The Bertz CT molecular complexity index is 296. The fourth-order valence-corrected chi connectivity index (χ4v) is 1.19. The Kier molecular flexibility index (Phi) is 16.5. The van der Waals surface area contributed by atoms with Crippen LogP contribution >= 0.6 is 15.6 Å². The maximum atomic E-state index is 9.82. The van der Waals surface area contributed by atoms with E-state index in [1.165, 1.54) is 0 Å². The van der Waals surface area contributed by atoms with Gasteiger partial charge in [-0.15, -0.1) is 0 Å². The van der Waals surface area contributed by atoms with Gasteiger partial charge < -0.3 is 49.0 Å². The van der Waals surface area contributed by atoms with Gasteiger partial charge in [-0.05, 0) is 0 Å². The molecule has 0 spiro atoms. The Morgan fingerprint density at radius 1 is 0.857 bits per heavy atom. The van der Waals surface area contributed by atoms with Crippen LogP contribution in [0.5, 0.6) is 0 Å². The first-order valence-corrected chi connectivity index (χ1v) is 7.85. The average molecular weight is 397 g/mol. The minimum Gasteiger partial charge on any atom is -0.756 e. The molecule has 21 heavy (non-hydrogen) atoms. The van der Waals surface area contributed by atoms with Gasteiger partial charge in [0.1, 0.15) is 12.2 Å². The van der Waals surface area contributed by atoms with Crippen molar-refractivity contribution < 1.29 is 75.2 Å². The van der Waals surface area contributed by atoms with E-state index in [9.17, 15) is 18.9 Å². The quantitative estimate of drug-likeness (QED) is 0.169. The van der Waals surface area contributed by atoms with Crippen molar-refractivity contribution in [1.82, 2.24) is 0 Å². The number of rotatable bonds is 8. The summed E-state index contributed by atoms with van der Waals surface area (Å²) in [5.74, 6) is 0. The molecule has 1 radical (unpaired) electrons. The maximum absolute atomic E-state index is 9.82. The van der Waals surface area contributed by atoms with Crippen LogP contribution in [0.4, 0.5) is 0 Å². The standard InChI is InChI=1S/2C3H9O6P.Mn/c2*4-1-3(5)2-9-10(6,7)8;/h2*3-5H,1-2H2,(H2,6,7,8);/q;;+2/p-2. The largest absolute Gasteiger partial charge is 2.00 e. The number of aliphatic hydroxyl groups excluding tert-OH is 4. The van der Waals surface area contributed by atoms with Crippen LogP contribution in [0.3, 0.4) is 0 Å². The number of aliphatic hydroxyl groups is 4. The summed E-state index contributed by atoms with van der Waals surface area (Å²) in [6.07, 6.45) is -2.57. The molecule has 0 aromatic rings. The van der Waals surface area contributed by atoms with Crippen molar-refractivity contribution >= 4 is 15.6 Å². The van der Waals surface area contributed by atoms with E-state index in [0.717, 1.165) is 0 Å². The van der Waals surface area contributed by atoms with Gasteiger partial charge in [-0.25, -0.2) is 0 Å². The molecule has 4 atom stereocenters. The zero-order valence-electron chi connectivity index (χ0n) is 10.4. The summed E-state index contributed by atoms with van der Waals surface area (Å²) in [7, 11) is -9.51. The summed E-state index contributed by atoms with van der Waals surface area (Å²) in [4.78, 5) is 35.5. The predicted molar refractivity (Wildman–Crippen MR) is 57.7 cm³/mol. The molecule has 12 nitrogen and oxygen atoms in total. The van der Waals surface area contributed by atoms with Crippen LogP contribution < -0.4 is 9.79 Å². The van der Waals surface area contributed by atoms with Crippen molar-refractivity contribution in [3.05, 3.63) is 0 Å². The smallest absolute Gasteiger partial charge is 0.756 e. The first kappa shape index (κ1) is 26.5. The normalized spacial score (nSPS) is 19.0. The van der Waals surface area contributed by atoms with Crippen LogP contribution in [-0.2, 0) is 35.2 Å². The fourth-order valence-electron chi connectivity index (χ4n) is 0.466. The van der Waals surface area contributed by atoms with Crippen molar-refractivity contribution in [2.24, 2.45) is 0 Å². The van der Waals surface area contributed by atoms with Crippen LogP contribution in [0.15, 0.2) is 0 Å². The number of phosphoric acid groups is 2. The van der Waals surface area contributed by atoms with E-state index in [0.29, 0.717) is 0 Å². The third-order valence-corrected chi connectivity index (χ3v) is 2.23. The molecule has 0 aliphatic heterocycles. The molecule has 0 saturated carbocycles. The molecule has 0 aliphatic carbocycles. The van der Waals surface area contributed by atoms with E-state index in [-0.39, 0.29) is 17.1 Å². The molecule has 0 aliphatic rings. The Morgan fingerprint density at radius 2 is 1.10 bits per heavy atom. The summed E-state index contributed by atoms with van der Waals surface area (Å²) < 4.78 is 27.1. The molecule has 0 bridgehead atoms. The Labute approximate surface area is 130 Å². The fraction of sp³-hybridized carbons (Fsp3) is 1.00. The summed E-state index contributed by atoms with van der Waals surface area (Å²) in [5.41, 5.74) is 0. The molecular weight excluding hydrogens is 381 g/mol. The maximum Gasteiger partial charge on any atom is 2.00 e. The average Bonchev–Trinajstić information content (AvgIpc) is 2.31. The van der Waals surface area contributed by atoms with Crippen molar-refractivity contribution in [2.75, 3.05) is 26.4 Å². The zero-order valence-corrected chi connectivity index (χ0v) is 13.4. The first-order valence-electron chi connectivity index (χ1n) is 4.85. The van der Waals surface area contributed by atoms with E-state index in [4.69, 9.17) is 30.2 Å². The summed E-state index contributed by atoms with van der Waals surface area (Å²) in [5, 5.41) is 33.2. The van der Waals surface area contributed by atoms with Gasteiger partial charge in [0, 0.05) is 0 Å². The Balaban J connectivity index is -0.000000295. The van der Waals surface area contributed by atoms with E-state index < -0.39 is 54.3 Å². The van der Waals surface area contributed by atoms with Gasteiger partial charge in [0.15, 0.2) is 0 Å². The Morgan fingerprint density at radius 3 is 1.24 bits per heavy atom. The number of phosphoric ester groups is 2. The van der Waals surface area contributed by atoms with Gasteiger partial charge in [0.05, 0.1) is 26.4 Å². The SMILES string of the molecule is O=P([O-])(O)OCC(O)CO.O=P([O-])(O)OCC(O)CO.[Mn+2]. The van der Waals surface area contributed by atoms with Gasteiger partial charge in [-0.3, -0.25) is 9.13 Å². The molecule has 0 aromatic heterocycles. The monoisotopic (exact) mass is 397 g/mol. The van der Waals surface area contributed by atoms with Crippen LogP contribution in [0.25, 0.3) is 0 Å². The predicted octanol–water partition coefficient (Wildman–Crippen LogP) is -4.37. The molecule has 6 N–H and O–H groups in total. The molecule has 0 saturated heterocycles. The van der Waals surface area contributed by atoms with Gasteiger partial charge in [-0.1, -0.05) is 0 Å². The molecule has 0 heterocycles. The molecule has 15 heteroatoms. The van der Waals surface area contributed by atoms with Crippen LogP contribution in [0.1, 0.15) is 0 Å². The third-order valence-electron chi connectivity index (χ3n) is 1.28. The van der Waals surface area contributed by atoms with E-state index in [1.807, 2.05) is 0 Å². The first-order chi connectivity index (χ1) is 8.91. The third kappa shape index (κ3) is 25.8. The van der Waals surface area contributed by atoms with Crippen molar-refractivity contribution in [3.63, 3.8) is 0 Å². The van der Waals surface area contributed by atoms with Gasteiger partial charge in [0.2, 0.25) is 0 Å². The summed E-state index contributed by atoms with van der Waals surface area (Å²) in [6.45, 7) is -2.48. The molecular formula is C6H16MnO12P2. The van der Waals surface area contributed by atoms with E-state index in [1.54, 1.807) is 0 Å². The van der Waals surface area contributed by atoms with Gasteiger partial charge >= 0.3 is 17.1 Å². The van der Waals surface area contributed by atoms with Gasteiger partial charge in [0.25, 0.3) is 15.6 Å². The minimum atomic E-state index is -4.75. The molecule has 4 unspecified atom stereocenters. The second-order valence-corrected chi connectivity index (χ2v) is 5.59. The second-order valence-electron chi connectivity index (χ2n) is 3.20. The topological polar surface area (TPSA) is 220 Å². The number of hydrogen-bond acceptors (Lipinski definition) is 10.